The minimum Gasteiger partial charge on any atom is -0.493 e. The van der Waals surface area contributed by atoms with Crippen molar-refractivity contribution in [3.05, 3.63) is 56.5 Å². The molecule has 2 amide bonds. The molecule has 0 spiro atoms. The van der Waals surface area contributed by atoms with Crippen molar-refractivity contribution in [2.24, 2.45) is 0 Å². The Morgan fingerprint density at radius 3 is 2.36 bits per heavy atom. The first-order valence-electron chi connectivity index (χ1n) is 7.98. The van der Waals surface area contributed by atoms with E-state index in [1.54, 1.807) is 24.3 Å². The van der Waals surface area contributed by atoms with Gasteiger partial charge in [-0.1, -0.05) is 12.1 Å². The average molecular weight is 452 g/mol. The average Bonchev–Trinajstić information content (AvgIpc) is 2.67. The third kappa shape index (κ3) is 4.77. The van der Waals surface area contributed by atoms with E-state index in [4.69, 9.17) is 9.47 Å². The van der Waals surface area contributed by atoms with Crippen LogP contribution < -0.4 is 14.8 Å². The molecule has 28 heavy (non-hydrogen) atoms. The van der Waals surface area contributed by atoms with Crippen LogP contribution in [0.1, 0.15) is 10.4 Å². The molecule has 0 atom stereocenters. The van der Waals surface area contributed by atoms with Crippen molar-refractivity contribution < 1.29 is 24.0 Å². The molecule has 0 saturated heterocycles. The standard InChI is InChI=1S/C18H18BrN3O6/c1-21(10-17(23)20-13-7-5-4-6-12(13)19)18(24)11-8-15(27-2)16(28-3)9-14(11)22(25)26/h4-9H,10H2,1-3H3,(H,20,23). The Morgan fingerprint density at radius 1 is 1.18 bits per heavy atom. The molecule has 0 aliphatic heterocycles. The zero-order chi connectivity index (χ0) is 20.8. The van der Waals surface area contributed by atoms with Gasteiger partial charge in [0.1, 0.15) is 5.56 Å². The fourth-order valence-corrected chi connectivity index (χ4v) is 2.82. The molecular formula is C18H18BrN3O6. The predicted molar refractivity (Wildman–Crippen MR) is 106 cm³/mol. The van der Waals surface area contributed by atoms with E-state index in [1.807, 2.05) is 0 Å². The van der Waals surface area contributed by atoms with Gasteiger partial charge in [0.05, 0.1) is 37.4 Å². The summed E-state index contributed by atoms with van der Waals surface area (Å²) in [4.78, 5) is 36.7. The van der Waals surface area contributed by atoms with Gasteiger partial charge in [0.25, 0.3) is 11.6 Å². The van der Waals surface area contributed by atoms with Crippen LogP contribution in [0.25, 0.3) is 0 Å². The fraction of sp³-hybridized carbons (Fsp3) is 0.222. The topological polar surface area (TPSA) is 111 Å². The Hall–Kier alpha value is -3.14. The van der Waals surface area contributed by atoms with E-state index in [1.165, 1.54) is 27.3 Å². The Bertz CT molecular complexity index is 918. The van der Waals surface area contributed by atoms with E-state index in [0.29, 0.717) is 10.2 Å². The fourth-order valence-electron chi connectivity index (χ4n) is 2.44. The molecule has 0 saturated carbocycles. The van der Waals surface area contributed by atoms with Crippen LogP contribution >= 0.6 is 15.9 Å². The van der Waals surface area contributed by atoms with E-state index in [0.717, 1.165) is 11.0 Å². The van der Waals surface area contributed by atoms with Crippen molar-refractivity contribution in [1.29, 1.82) is 0 Å². The first-order chi connectivity index (χ1) is 13.3. The minimum atomic E-state index is -0.699. The molecule has 2 rings (SSSR count). The molecule has 0 aromatic heterocycles. The SMILES string of the molecule is COc1cc(C(=O)N(C)CC(=O)Nc2ccccc2Br)c([N+](=O)[O-])cc1OC. The third-order valence-electron chi connectivity index (χ3n) is 3.80. The molecule has 0 fully saturated rings. The van der Waals surface area contributed by atoms with Gasteiger partial charge in [-0.25, -0.2) is 0 Å². The lowest BCUT2D eigenvalue weighted by Gasteiger charge is -2.18. The first kappa shape index (κ1) is 21.2. The number of hydrogen-bond acceptors (Lipinski definition) is 6. The molecule has 0 heterocycles. The van der Waals surface area contributed by atoms with Crippen molar-refractivity contribution in [2.75, 3.05) is 33.1 Å². The highest BCUT2D eigenvalue weighted by Gasteiger charge is 2.27. The summed E-state index contributed by atoms with van der Waals surface area (Å²) in [5.74, 6) is -0.858. The summed E-state index contributed by atoms with van der Waals surface area (Å²) in [6, 6.07) is 9.34. The number of ether oxygens (including phenoxy) is 2. The van der Waals surface area contributed by atoms with Crippen LogP contribution in [-0.2, 0) is 4.79 Å². The Labute approximate surface area is 169 Å². The molecule has 0 radical (unpaired) electrons. The summed E-state index contributed by atoms with van der Waals surface area (Å²) < 4.78 is 10.8. The number of nitrogens with one attached hydrogen (secondary N) is 1. The quantitative estimate of drug-likeness (QED) is 0.511. The number of hydrogen-bond donors (Lipinski definition) is 1. The molecule has 2 aromatic rings. The number of nitro groups is 1. The molecule has 0 aliphatic rings. The predicted octanol–water partition coefficient (Wildman–Crippen LogP) is 3.09. The molecule has 0 bridgehead atoms. The highest BCUT2D eigenvalue weighted by molar-refractivity contribution is 9.10. The number of para-hydroxylation sites is 1. The van der Waals surface area contributed by atoms with Crippen LogP contribution in [0.15, 0.2) is 40.9 Å². The van der Waals surface area contributed by atoms with Gasteiger partial charge < -0.3 is 19.7 Å². The number of halogens is 1. The van der Waals surface area contributed by atoms with Crippen molar-refractivity contribution in [3.63, 3.8) is 0 Å². The Kier molecular flexibility index (Phi) is 6.94. The maximum absolute atomic E-state index is 12.7. The first-order valence-corrected chi connectivity index (χ1v) is 8.78. The van der Waals surface area contributed by atoms with Crippen LogP contribution in [-0.4, -0.2) is 49.4 Å². The molecule has 148 valence electrons. The number of carbonyl (C=O) groups is 2. The highest BCUT2D eigenvalue weighted by Crippen LogP contribution is 2.35. The van der Waals surface area contributed by atoms with E-state index in [-0.39, 0.29) is 23.6 Å². The summed E-state index contributed by atoms with van der Waals surface area (Å²) >= 11 is 3.32. The Balaban J connectivity index is 2.23. The van der Waals surface area contributed by atoms with E-state index in [9.17, 15) is 19.7 Å². The molecule has 9 nitrogen and oxygen atoms in total. The van der Waals surface area contributed by atoms with Crippen LogP contribution in [0.4, 0.5) is 11.4 Å². The van der Waals surface area contributed by atoms with Crippen LogP contribution in [0.5, 0.6) is 11.5 Å². The van der Waals surface area contributed by atoms with Gasteiger partial charge in [0.2, 0.25) is 5.91 Å². The summed E-state index contributed by atoms with van der Waals surface area (Å²) in [5.41, 5.74) is -0.106. The van der Waals surface area contributed by atoms with E-state index >= 15 is 0 Å². The number of nitrogens with zero attached hydrogens (tertiary/aromatic N) is 2. The second-order valence-electron chi connectivity index (χ2n) is 5.67. The summed E-state index contributed by atoms with van der Waals surface area (Å²) in [5, 5.41) is 14.0. The van der Waals surface area contributed by atoms with Crippen LogP contribution in [0.2, 0.25) is 0 Å². The van der Waals surface area contributed by atoms with Gasteiger partial charge in [0, 0.05) is 17.6 Å². The van der Waals surface area contributed by atoms with Crippen molar-refractivity contribution in [3.8, 4) is 11.5 Å². The monoisotopic (exact) mass is 451 g/mol. The lowest BCUT2D eigenvalue weighted by Crippen LogP contribution is -2.35. The number of carbonyl (C=O) groups excluding carboxylic acids is 2. The summed E-state index contributed by atoms with van der Waals surface area (Å²) in [6.45, 7) is -0.300. The van der Waals surface area contributed by atoms with Gasteiger partial charge in [0.15, 0.2) is 11.5 Å². The van der Waals surface area contributed by atoms with Gasteiger partial charge in [-0.2, -0.15) is 0 Å². The van der Waals surface area contributed by atoms with Gasteiger partial charge >= 0.3 is 0 Å². The van der Waals surface area contributed by atoms with E-state index in [2.05, 4.69) is 21.2 Å². The molecular weight excluding hydrogens is 434 g/mol. The maximum Gasteiger partial charge on any atom is 0.286 e. The number of amides is 2. The highest BCUT2D eigenvalue weighted by atomic mass is 79.9. The van der Waals surface area contributed by atoms with Gasteiger partial charge in [-0.3, -0.25) is 19.7 Å². The van der Waals surface area contributed by atoms with Gasteiger partial charge in [-0.05, 0) is 28.1 Å². The molecule has 10 heteroatoms. The normalized spacial score (nSPS) is 10.1. The minimum absolute atomic E-state index is 0.125. The number of nitro benzene ring substituents is 1. The molecule has 1 N–H and O–H groups in total. The second kappa shape index (κ2) is 9.18. The summed E-state index contributed by atoms with van der Waals surface area (Å²) in [6.07, 6.45) is 0. The lowest BCUT2D eigenvalue weighted by molar-refractivity contribution is -0.385. The third-order valence-corrected chi connectivity index (χ3v) is 4.50. The zero-order valence-electron chi connectivity index (χ0n) is 15.4. The van der Waals surface area contributed by atoms with Gasteiger partial charge in [-0.15, -0.1) is 0 Å². The zero-order valence-corrected chi connectivity index (χ0v) is 17.0. The van der Waals surface area contributed by atoms with Crippen molar-refractivity contribution in [1.82, 2.24) is 4.90 Å². The van der Waals surface area contributed by atoms with Crippen LogP contribution in [0.3, 0.4) is 0 Å². The number of benzene rings is 2. The maximum atomic E-state index is 12.7. The lowest BCUT2D eigenvalue weighted by atomic mass is 10.1. The number of anilines is 1. The second-order valence-corrected chi connectivity index (χ2v) is 6.53. The van der Waals surface area contributed by atoms with Crippen molar-refractivity contribution >= 4 is 39.1 Å². The molecule has 0 unspecified atom stereocenters. The molecule has 0 aliphatic carbocycles. The molecule has 2 aromatic carbocycles. The largest absolute Gasteiger partial charge is 0.493 e. The smallest absolute Gasteiger partial charge is 0.286 e. The summed E-state index contributed by atoms with van der Waals surface area (Å²) in [7, 11) is 4.07. The van der Waals surface area contributed by atoms with Crippen LogP contribution in [0, 0.1) is 10.1 Å². The number of methoxy groups -OCH3 is 2. The van der Waals surface area contributed by atoms with E-state index < -0.39 is 22.4 Å². The number of likely N-dealkylation sites (N-methyl/N-ethyl adjacent to an activating group) is 1. The number of rotatable bonds is 7. The Morgan fingerprint density at radius 2 is 1.79 bits per heavy atom. The van der Waals surface area contributed by atoms with Crippen molar-refractivity contribution in [2.45, 2.75) is 0 Å².